The second-order valence-electron chi connectivity index (χ2n) is 25.8. The number of rotatable bonds is 46. The fourth-order valence-corrected chi connectivity index (χ4v) is 16.1. The lowest BCUT2D eigenvalue weighted by molar-refractivity contribution is 0.378. The fourth-order valence-electron chi connectivity index (χ4n) is 14.5. The van der Waals surface area contributed by atoms with Crippen LogP contribution in [0.25, 0.3) is 0 Å². The standard InChI is InChI=1S/C78H120Br4O4/c1-9-13-17-21-25-29-33-37-41-45-63-67-49-59(57-79)51-69(75(67)83-5)64(46-42-38-34-30-26-22-18-14-10-2)71-53-61(81)55-73(77(71)85-7)66(48-44-40-36-32-28-24-20-16-12-4)74-56-62(82)54-72(78(74)86-8)65(47-43-39-35-31-27-23-19-15-11-3)70-52-60(58-80)50-68(63)76(70)84-6/h49-56,63-66H,9-48,57-58H2,1-8H3. The number of hydrogen-bond acceptors (Lipinski definition) is 4. The molecule has 0 N–H and O–H groups in total. The highest BCUT2D eigenvalue weighted by Gasteiger charge is 2.36. The Labute approximate surface area is 561 Å². The molecule has 4 aromatic carbocycles. The minimum atomic E-state index is 0.00460. The summed E-state index contributed by atoms with van der Waals surface area (Å²) in [5.41, 5.74) is 12.6. The molecule has 0 radical (unpaired) electrons. The van der Waals surface area contributed by atoms with Gasteiger partial charge in [-0.25, -0.2) is 0 Å². The van der Waals surface area contributed by atoms with Crippen molar-refractivity contribution in [1.29, 1.82) is 0 Å². The van der Waals surface area contributed by atoms with Crippen LogP contribution in [0.3, 0.4) is 0 Å². The summed E-state index contributed by atoms with van der Waals surface area (Å²) in [6.45, 7) is 9.26. The van der Waals surface area contributed by atoms with E-state index in [9.17, 15) is 0 Å². The molecule has 484 valence electrons. The van der Waals surface area contributed by atoms with Crippen LogP contribution in [0.4, 0.5) is 0 Å². The highest BCUT2D eigenvalue weighted by molar-refractivity contribution is 9.10. The van der Waals surface area contributed by atoms with E-state index < -0.39 is 0 Å². The largest absolute Gasteiger partial charge is 0.496 e. The van der Waals surface area contributed by atoms with Crippen LogP contribution in [0.1, 0.15) is 364 Å². The molecule has 0 heterocycles. The fraction of sp³-hybridized carbons (Fsp3) is 0.692. The molecule has 2 atom stereocenters. The van der Waals surface area contributed by atoms with Crippen molar-refractivity contribution in [3.8, 4) is 23.0 Å². The maximum atomic E-state index is 7.05. The third kappa shape index (κ3) is 23.9. The van der Waals surface area contributed by atoms with E-state index >= 15 is 0 Å². The third-order valence-corrected chi connectivity index (χ3v) is 21.4. The first-order valence-electron chi connectivity index (χ1n) is 35.5. The average molecular weight is 1440 g/mol. The van der Waals surface area contributed by atoms with Gasteiger partial charge in [-0.05, 0) is 61.1 Å². The number of alkyl halides is 2. The summed E-state index contributed by atoms with van der Waals surface area (Å²) >= 11 is 16.6. The Balaban J connectivity index is 1.83. The molecule has 0 saturated carbocycles. The van der Waals surface area contributed by atoms with E-state index in [0.717, 1.165) is 94.0 Å². The molecule has 0 fully saturated rings. The van der Waals surface area contributed by atoms with E-state index in [1.54, 1.807) is 0 Å². The van der Waals surface area contributed by atoms with Gasteiger partial charge in [0.1, 0.15) is 23.0 Å². The lowest BCUT2D eigenvalue weighted by atomic mass is 9.75. The van der Waals surface area contributed by atoms with Crippen LogP contribution < -0.4 is 18.9 Å². The van der Waals surface area contributed by atoms with Crippen LogP contribution >= 0.6 is 63.7 Å². The predicted molar refractivity (Wildman–Crippen MR) is 387 cm³/mol. The molecular weight excluding hydrogens is 1320 g/mol. The lowest BCUT2D eigenvalue weighted by Crippen LogP contribution is -2.16. The zero-order chi connectivity index (χ0) is 61.7. The van der Waals surface area contributed by atoms with Gasteiger partial charge in [0.15, 0.2) is 0 Å². The quantitative estimate of drug-likeness (QED) is 0.0326. The molecule has 86 heavy (non-hydrogen) atoms. The number of methoxy groups -OCH3 is 4. The first kappa shape index (κ1) is 74.7. The topological polar surface area (TPSA) is 36.9 Å². The van der Waals surface area contributed by atoms with E-state index in [1.807, 2.05) is 28.4 Å². The molecular formula is C78H120Br4O4. The van der Waals surface area contributed by atoms with Gasteiger partial charge in [0.2, 0.25) is 0 Å². The minimum Gasteiger partial charge on any atom is -0.496 e. The maximum Gasteiger partial charge on any atom is 0.126 e. The monoisotopic (exact) mass is 1440 g/mol. The van der Waals surface area contributed by atoms with Gasteiger partial charge in [0, 0.05) is 87.8 Å². The lowest BCUT2D eigenvalue weighted by Gasteiger charge is -2.33. The van der Waals surface area contributed by atoms with E-state index in [1.165, 1.54) is 261 Å². The van der Waals surface area contributed by atoms with E-state index in [4.69, 9.17) is 18.9 Å². The second-order valence-corrected chi connectivity index (χ2v) is 28.7. The second kappa shape index (κ2) is 44.5. The number of unbranched alkanes of at least 4 members (excludes halogenated alkanes) is 32. The van der Waals surface area contributed by atoms with Crippen LogP contribution in [0.5, 0.6) is 23.0 Å². The van der Waals surface area contributed by atoms with E-state index in [2.05, 4.69) is 140 Å². The molecule has 0 aromatic heterocycles. The summed E-state index contributed by atoms with van der Waals surface area (Å²) < 4.78 is 30.3. The predicted octanol–water partition coefficient (Wildman–Crippen LogP) is 27.6. The van der Waals surface area contributed by atoms with Crippen LogP contribution in [0.15, 0.2) is 57.5 Å². The van der Waals surface area contributed by atoms with Crippen molar-refractivity contribution in [2.75, 3.05) is 28.4 Å². The van der Waals surface area contributed by atoms with Crippen LogP contribution in [-0.4, -0.2) is 28.4 Å². The van der Waals surface area contributed by atoms with Crippen molar-refractivity contribution in [3.05, 3.63) is 113 Å². The van der Waals surface area contributed by atoms with Crippen LogP contribution in [-0.2, 0) is 10.7 Å². The SMILES string of the molecule is CCCCCCCCCCCC1c2cc(Br)cc(c2OC)C(CCCCCCCCCCC)c2cc(CBr)cc(c2OC)C(CCCCCCCCCCC)c2cc(CBr)cc(c2OC)C(CCCCCCCCCCC)c2cc(Br)cc1c2OC. The zero-order valence-electron chi connectivity index (χ0n) is 55.8. The van der Waals surface area contributed by atoms with Crippen molar-refractivity contribution < 1.29 is 18.9 Å². The summed E-state index contributed by atoms with van der Waals surface area (Å²) in [6.07, 6.45) is 50.3. The summed E-state index contributed by atoms with van der Waals surface area (Å²) in [5, 5.41) is 1.50. The minimum absolute atomic E-state index is 0.00460. The average Bonchev–Trinajstić information content (AvgIpc) is 0.825. The highest BCUT2D eigenvalue weighted by Crippen LogP contribution is 2.54. The molecule has 4 aromatic rings. The van der Waals surface area contributed by atoms with Gasteiger partial charge in [0.25, 0.3) is 0 Å². The van der Waals surface area contributed by atoms with E-state index in [-0.39, 0.29) is 23.7 Å². The molecule has 0 saturated heterocycles. The number of halogens is 4. The van der Waals surface area contributed by atoms with Gasteiger partial charge in [-0.2, -0.15) is 0 Å². The van der Waals surface area contributed by atoms with Crippen LogP contribution in [0, 0.1) is 0 Å². The Bertz CT molecular complexity index is 2320. The first-order chi connectivity index (χ1) is 42.2. The Morgan fingerprint density at radius 2 is 0.419 bits per heavy atom. The van der Waals surface area contributed by atoms with Crippen molar-refractivity contribution in [2.24, 2.45) is 0 Å². The molecule has 0 spiro atoms. The molecule has 5 rings (SSSR count). The number of benzene rings is 4. The normalized spacial score (nSPS) is 15.8. The van der Waals surface area contributed by atoms with Crippen LogP contribution in [0.2, 0.25) is 0 Å². The molecule has 8 bridgehead atoms. The van der Waals surface area contributed by atoms with Crippen molar-refractivity contribution >= 4 is 63.7 Å². The number of fused-ring (bicyclic) bond motifs is 8. The summed E-state index contributed by atoms with van der Waals surface area (Å²) in [6, 6.07) is 19.5. The van der Waals surface area contributed by atoms with Gasteiger partial charge in [-0.3, -0.25) is 0 Å². The summed E-state index contributed by atoms with van der Waals surface area (Å²) in [7, 11) is 7.76. The zero-order valence-corrected chi connectivity index (χ0v) is 62.1. The highest BCUT2D eigenvalue weighted by atomic mass is 79.9. The molecule has 0 aliphatic heterocycles. The van der Waals surface area contributed by atoms with Crippen molar-refractivity contribution in [1.82, 2.24) is 0 Å². The van der Waals surface area contributed by atoms with Crippen molar-refractivity contribution in [2.45, 2.75) is 319 Å². The third-order valence-electron chi connectivity index (χ3n) is 19.1. The van der Waals surface area contributed by atoms with Gasteiger partial charge in [0.05, 0.1) is 28.4 Å². The molecule has 1 aliphatic rings. The maximum absolute atomic E-state index is 7.05. The number of ether oxygens (including phenoxy) is 4. The van der Waals surface area contributed by atoms with Gasteiger partial charge >= 0.3 is 0 Å². The van der Waals surface area contributed by atoms with Gasteiger partial charge in [-0.1, -0.05) is 347 Å². The van der Waals surface area contributed by atoms with Gasteiger partial charge in [-0.15, -0.1) is 0 Å². The first-order valence-corrected chi connectivity index (χ1v) is 39.3. The Hall–Kier alpha value is -2.00. The van der Waals surface area contributed by atoms with Crippen molar-refractivity contribution in [3.63, 3.8) is 0 Å². The molecule has 8 heteroatoms. The summed E-state index contributed by atoms with van der Waals surface area (Å²) in [5.74, 6) is 4.11. The molecule has 0 amide bonds. The Morgan fingerprint density at radius 1 is 0.256 bits per heavy atom. The summed E-state index contributed by atoms with van der Waals surface area (Å²) in [4.78, 5) is 0. The smallest absolute Gasteiger partial charge is 0.126 e. The molecule has 2 unspecified atom stereocenters. The number of hydrogen-bond donors (Lipinski definition) is 0. The van der Waals surface area contributed by atoms with E-state index in [0.29, 0.717) is 0 Å². The van der Waals surface area contributed by atoms with Gasteiger partial charge < -0.3 is 18.9 Å². The molecule has 4 nitrogen and oxygen atoms in total. The Morgan fingerprint density at radius 3 is 0.581 bits per heavy atom. The Kier molecular flexibility index (Phi) is 38.7. The molecule has 1 aliphatic carbocycles.